The Labute approximate surface area is 135 Å². The third-order valence-electron chi connectivity index (χ3n) is 3.21. The molecular weight excluding hydrogens is 314 g/mol. The third kappa shape index (κ3) is 2.84. The lowest BCUT2D eigenvalue weighted by atomic mass is 10.2. The van der Waals surface area contributed by atoms with Gasteiger partial charge in [-0.25, -0.2) is 0 Å². The molecule has 3 aromatic rings. The van der Waals surface area contributed by atoms with Gasteiger partial charge in [0, 0.05) is 6.08 Å². The Kier molecular flexibility index (Phi) is 3.47. The highest BCUT2D eigenvalue weighted by Crippen LogP contribution is 2.32. The first-order chi connectivity index (χ1) is 11.8. The lowest BCUT2D eigenvalue weighted by molar-refractivity contribution is -0.112. The van der Waals surface area contributed by atoms with Crippen LogP contribution in [0.5, 0.6) is 11.5 Å². The fraction of sp³-hybridized carbons (Fsp3) is 0.0625. The van der Waals surface area contributed by atoms with Crippen LogP contribution in [-0.2, 0) is 4.79 Å². The van der Waals surface area contributed by atoms with E-state index in [0.29, 0.717) is 17.3 Å². The smallest absolute Gasteiger partial charge is 0.322 e. The molecule has 1 aliphatic rings. The SMILES string of the molecule is O=C(/C=C/c1ccc2c(c1)OCO2)Nc1nnc(-c2ccco2)o1. The summed E-state index contributed by atoms with van der Waals surface area (Å²) in [7, 11) is 0. The maximum atomic E-state index is 11.9. The molecule has 4 rings (SSSR count). The molecule has 120 valence electrons. The molecule has 0 saturated heterocycles. The number of amides is 1. The van der Waals surface area contributed by atoms with Crippen LogP contribution >= 0.6 is 0 Å². The highest BCUT2D eigenvalue weighted by atomic mass is 16.7. The topological polar surface area (TPSA) is 99.6 Å². The molecule has 8 nitrogen and oxygen atoms in total. The van der Waals surface area contributed by atoms with Crippen molar-refractivity contribution in [3.63, 3.8) is 0 Å². The summed E-state index contributed by atoms with van der Waals surface area (Å²) < 4.78 is 20.9. The Balaban J connectivity index is 1.41. The van der Waals surface area contributed by atoms with Crippen molar-refractivity contribution in [1.29, 1.82) is 0 Å². The Morgan fingerprint density at radius 3 is 2.96 bits per heavy atom. The molecule has 8 heteroatoms. The second-order valence-corrected chi connectivity index (χ2v) is 4.82. The zero-order valence-corrected chi connectivity index (χ0v) is 12.3. The van der Waals surface area contributed by atoms with Crippen LogP contribution in [0, 0.1) is 0 Å². The highest BCUT2D eigenvalue weighted by molar-refractivity contribution is 6.00. The summed E-state index contributed by atoms with van der Waals surface area (Å²) in [6, 6.07) is 8.76. The van der Waals surface area contributed by atoms with Crippen LogP contribution in [0.4, 0.5) is 6.01 Å². The van der Waals surface area contributed by atoms with Gasteiger partial charge in [0.05, 0.1) is 6.26 Å². The number of nitrogens with one attached hydrogen (secondary N) is 1. The molecule has 24 heavy (non-hydrogen) atoms. The lowest BCUT2D eigenvalue weighted by Crippen LogP contribution is -2.07. The van der Waals surface area contributed by atoms with E-state index < -0.39 is 5.91 Å². The molecule has 1 aromatic carbocycles. The highest BCUT2D eigenvalue weighted by Gasteiger charge is 2.13. The summed E-state index contributed by atoms with van der Waals surface area (Å²) in [5.41, 5.74) is 0.802. The summed E-state index contributed by atoms with van der Waals surface area (Å²) in [6.07, 6.45) is 4.49. The van der Waals surface area contributed by atoms with Gasteiger partial charge < -0.3 is 18.3 Å². The minimum atomic E-state index is -0.401. The Bertz CT molecular complexity index is 898. The van der Waals surface area contributed by atoms with Crippen LogP contribution in [-0.4, -0.2) is 22.9 Å². The molecule has 1 aliphatic heterocycles. The number of benzene rings is 1. The number of aromatic nitrogens is 2. The minimum absolute atomic E-state index is 0.0123. The van der Waals surface area contributed by atoms with Crippen LogP contribution in [0.15, 0.2) is 51.5 Å². The number of nitrogens with zero attached hydrogens (tertiary/aromatic N) is 2. The van der Waals surface area contributed by atoms with Gasteiger partial charge in [0.1, 0.15) is 0 Å². The summed E-state index contributed by atoms with van der Waals surface area (Å²) in [5.74, 6) is 1.56. The van der Waals surface area contributed by atoms with Gasteiger partial charge in [-0.15, -0.1) is 5.10 Å². The van der Waals surface area contributed by atoms with Crippen molar-refractivity contribution in [2.24, 2.45) is 0 Å². The van der Waals surface area contributed by atoms with Gasteiger partial charge in [-0.1, -0.05) is 11.2 Å². The number of rotatable bonds is 4. The normalized spacial score (nSPS) is 12.7. The summed E-state index contributed by atoms with van der Waals surface area (Å²) >= 11 is 0. The van der Waals surface area contributed by atoms with E-state index in [9.17, 15) is 4.79 Å². The van der Waals surface area contributed by atoms with Gasteiger partial charge in [0.2, 0.25) is 6.79 Å². The quantitative estimate of drug-likeness (QED) is 0.736. The summed E-state index contributed by atoms with van der Waals surface area (Å²) in [4.78, 5) is 11.9. The van der Waals surface area contributed by atoms with Crippen LogP contribution in [0.1, 0.15) is 5.56 Å². The van der Waals surface area contributed by atoms with Gasteiger partial charge in [-0.2, -0.15) is 0 Å². The van der Waals surface area contributed by atoms with Crippen molar-refractivity contribution >= 4 is 18.0 Å². The van der Waals surface area contributed by atoms with E-state index in [-0.39, 0.29) is 18.7 Å². The second kappa shape index (κ2) is 5.92. The molecule has 0 aliphatic carbocycles. The third-order valence-corrected chi connectivity index (χ3v) is 3.21. The van der Waals surface area contributed by atoms with E-state index in [2.05, 4.69) is 15.5 Å². The minimum Gasteiger partial charge on any atom is -0.459 e. The number of ether oxygens (including phenoxy) is 2. The van der Waals surface area contributed by atoms with Crippen LogP contribution < -0.4 is 14.8 Å². The van der Waals surface area contributed by atoms with Crippen LogP contribution in [0.3, 0.4) is 0 Å². The maximum absolute atomic E-state index is 11.9. The number of furan rings is 1. The van der Waals surface area contributed by atoms with E-state index in [1.165, 1.54) is 12.3 Å². The maximum Gasteiger partial charge on any atom is 0.322 e. The van der Waals surface area contributed by atoms with E-state index in [1.54, 1.807) is 30.3 Å². The van der Waals surface area contributed by atoms with Gasteiger partial charge in [0.15, 0.2) is 17.3 Å². The predicted molar refractivity (Wildman–Crippen MR) is 82.2 cm³/mol. The average molecular weight is 325 g/mol. The Morgan fingerprint density at radius 2 is 2.08 bits per heavy atom. The Morgan fingerprint density at radius 1 is 1.17 bits per heavy atom. The molecular formula is C16H11N3O5. The second-order valence-electron chi connectivity index (χ2n) is 4.82. The van der Waals surface area contributed by atoms with Crippen molar-refractivity contribution < 1.29 is 23.1 Å². The van der Waals surface area contributed by atoms with Crippen LogP contribution in [0.25, 0.3) is 17.7 Å². The summed E-state index contributed by atoms with van der Waals surface area (Å²) in [5, 5.41) is 10.0. The van der Waals surface area contributed by atoms with Crippen molar-refractivity contribution in [1.82, 2.24) is 10.2 Å². The molecule has 1 amide bonds. The zero-order chi connectivity index (χ0) is 16.4. The number of anilines is 1. The van der Waals surface area contributed by atoms with Crippen molar-refractivity contribution in [3.05, 3.63) is 48.2 Å². The van der Waals surface area contributed by atoms with E-state index >= 15 is 0 Å². The predicted octanol–water partition coefficient (Wildman–Crippen LogP) is 2.71. The number of hydrogen-bond donors (Lipinski definition) is 1. The molecule has 2 aromatic heterocycles. The number of hydrogen-bond acceptors (Lipinski definition) is 7. The molecule has 0 spiro atoms. The monoisotopic (exact) mass is 325 g/mol. The first kappa shape index (κ1) is 14.1. The molecule has 0 bridgehead atoms. The Hall–Kier alpha value is -3.55. The standard InChI is InChI=1S/C16H11N3O5/c20-14(6-4-10-3-5-11-13(8-10)23-9-22-11)17-16-19-18-15(24-16)12-2-1-7-21-12/h1-8H,9H2,(H,17,19,20)/b6-4+. The zero-order valence-electron chi connectivity index (χ0n) is 12.3. The van der Waals surface area contributed by atoms with Crippen LogP contribution in [0.2, 0.25) is 0 Å². The molecule has 1 N–H and O–H groups in total. The van der Waals surface area contributed by atoms with E-state index in [4.69, 9.17) is 18.3 Å². The fourth-order valence-corrected chi connectivity index (χ4v) is 2.11. The lowest BCUT2D eigenvalue weighted by Gasteiger charge is -1.98. The van der Waals surface area contributed by atoms with Gasteiger partial charge in [-0.3, -0.25) is 10.1 Å². The van der Waals surface area contributed by atoms with Gasteiger partial charge in [-0.05, 0) is 35.9 Å². The molecule has 0 radical (unpaired) electrons. The van der Waals surface area contributed by atoms with Crippen molar-refractivity contribution in [2.45, 2.75) is 0 Å². The molecule has 0 saturated carbocycles. The van der Waals surface area contributed by atoms with Crippen molar-refractivity contribution in [2.75, 3.05) is 12.1 Å². The molecule has 0 atom stereocenters. The largest absolute Gasteiger partial charge is 0.459 e. The van der Waals surface area contributed by atoms with Gasteiger partial charge in [0.25, 0.3) is 11.8 Å². The van der Waals surface area contributed by atoms with Crippen molar-refractivity contribution in [3.8, 4) is 23.1 Å². The first-order valence-corrected chi connectivity index (χ1v) is 7.04. The van der Waals surface area contributed by atoms with E-state index in [1.807, 2.05) is 6.07 Å². The molecule has 0 fully saturated rings. The number of carbonyl (C=O) groups excluding carboxylic acids is 1. The fourth-order valence-electron chi connectivity index (χ4n) is 2.11. The first-order valence-electron chi connectivity index (χ1n) is 7.04. The molecule has 3 heterocycles. The number of carbonyl (C=O) groups is 1. The molecule has 0 unspecified atom stereocenters. The summed E-state index contributed by atoms with van der Waals surface area (Å²) in [6.45, 7) is 0.207. The van der Waals surface area contributed by atoms with E-state index in [0.717, 1.165) is 5.56 Å². The average Bonchev–Trinajstić information content (AvgIpc) is 3.32. The van der Waals surface area contributed by atoms with Gasteiger partial charge >= 0.3 is 6.01 Å². The number of fused-ring (bicyclic) bond motifs is 1.